The number of nitrogens with one attached hydrogen (secondary N) is 2. The Bertz CT molecular complexity index is 922. The molecule has 0 aromatic heterocycles. The fraction of sp³-hybridized carbons (Fsp3) is 0.333. The average Bonchev–Trinajstić information content (AvgIpc) is 2.71. The van der Waals surface area contributed by atoms with E-state index in [2.05, 4.69) is 10.6 Å². The van der Waals surface area contributed by atoms with E-state index in [0.29, 0.717) is 23.9 Å². The number of carboxylic acids is 1. The zero-order valence-electron chi connectivity index (χ0n) is 16.1. The van der Waals surface area contributed by atoms with Gasteiger partial charge in [0, 0.05) is 23.8 Å². The van der Waals surface area contributed by atoms with Gasteiger partial charge in [0.05, 0.1) is 10.0 Å². The van der Waals surface area contributed by atoms with Crippen molar-refractivity contribution in [2.75, 3.05) is 5.32 Å². The monoisotopic (exact) mass is 452 g/mol. The standard InChI is InChI=1S/C21H22Cl2N2O5/c22-16-9-14(25-20(27)21(28)29)10-17(23)19(16)30-15-6-7-18(26)12(8-15)11-24-13-4-2-1-3-5-13/h6-10,13,24,26H,1-5,11H2,(H,25,27)(H,28,29). The van der Waals surface area contributed by atoms with Gasteiger partial charge in [0.2, 0.25) is 0 Å². The Hall–Kier alpha value is -2.48. The maximum Gasteiger partial charge on any atom is 0.394 e. The van der Waals surface area contributed by atoms with Gasteiger partial charge in [-0.25, -0.2) is 4.79 Å². The normalized spacial score (nSPS) is 14.3. The quantitative estimate of drug-likeness (QED) is 0.462. The molecule has 0 saturated heterocycles. The molecule has 0 spiro atoms. The average molecular weight is 453 g/mol. The van der Waals surface area contributed by atoms with E-state index in [0.717, 1.165) is 12.8 Å². The Morgan fingerprint density at radius 1 is 1.07 bits per heavy atom. The minimum absolute atomic E-state index is 0.0955. The Labute approximate surface area is 183 Å². The number of amides is 1. The predicted molar refractivity (Wildman–Crippen MR) is 115 cm³/mol. The van der Waals surface area contributed by atoms with Gasteiger partial charge in [-0.2, -0.15) is 0 Å². The smallest absolute Gasteiger partial charge is 0.394 e. The van der Waals surface area contributed by atoms with Crippen molar-refractivity contribution in [2.45, 2.75) is 44.7 Å². The van der Waals surface area contributed by atoms with Gasteiger partial charge in [-0.15, -0.1) is 0 Å². The largest absolute Gasteiger partial charge is 0.508 e. The lowest BCUT2D eigenvalue weighted by Crippen LogP contribution is -2.30. The van der Waals surface area contributed by atoms with E-state index in [1.807, 2.05) is 0 Å². The molecule has 1 saturated carbocycles. The number of aromatic hydroxyl groups is 1. The summed E-state index contributed by atoms with van der Waals surface area (Å²) in [5.74, 6) is -2.08. The highest BCUT2D eigenvalue weighted by molar-refractivity contribution is 6.39. The third kappa shape index (κ3) is 5.78. The Morgan fingerprint density at radius 3 is 2.37 bits per heavy atom. The molecule has 0 unspecified atom stereocenters. The molecule has 1 aliphatic rings. The third-order valence-corrected chi connectivity index (χ3v) is 5.47. The summed E-state index contributed by atoms with van der Waals surface area (Å²) in [5.41, 5.74) is 0.823. The molecule has 9 heteroatoms. The second-order valence-corrected chi connectivity index (χ2v) is 7.95. The summed E-state index contributed by atoms with van der Waals surface area (Å²) in [6, 6.07) is 7.96. The van der Waals surface area contributed by atoms with E-state index in [-0.39, 0.29) is 27.2 Å². The lowest BCUT2D eigenvalue weighted by atomic mass is 9.95. The van der Waals surface area contributed by atoms with E-state index in [1.165, 1.54) is 37.5 Å². The van der Waals surface area contributed by atoms with Crippen LogP contribution in [-0.2, 0) is 16.1 Å². The Balaban J connectivity index is 1.72. The van der Waals surface area contributed by atoms with Gasteiger partial charge < -0.3 is 25.6 Å². The second-order valence-electron chi connectivity index (χ2n) is 7.14. The zero-order chi connectivity index (χ0) is 21.7. The number of phenols is 1. The Kier molecular flexibility index (Phi) is 7.42. The summed E-state index contributed by atoms with van der Waals surface area (Å²) in [5, 5.41) is 24.7. The van der Waals surface area contributed by atoms with Crippen molar-refractivity contribution in [1.29, 1.82) is 0 Å². The van der Waals surface area contributed by atoms with Crippen LogP contribution in [0.25, 0.3) is 0 Å². The number of carbonyl (C=O) groups is 2. The molecule has 4 N–H and O–H groups in total. The third-order valence-electron chi connectivity index (χ3n) is 4.91. The summed E-state index contributed by atoms with van der Waals surface area (Å²) in [7, 11) is 0. The zero-order valence-corrected chi connectivity index (χ0v) is 17.6. The van der Waals surface area contributed by atoms with Crippen LogP contribution in [-0.4, -0.2) is 28.1 Å². The number of hydrogen-bond acceptors (Lipinski definition) is 5. The molecule has 1 fully saturated rings. The molecule has 1 amide bonds. The number of carbonyl (C=O) groups excluding carboxylic acids is 1. The number of hydrogen-bond donors (Lipinski definition) is 4. The van der Waals surface area contributed by atoms with Crippen LogP contribution in [0, 0.1) is 0 Å². The van der Waals surface area contributed by atoms with Crippen molar-refractivity contribution in [3.63, 3.8) is 0 Å². The van der Waals surface area contributed by atoms with Gasteiger partial charge in [-0.05, 0) is 43.2 Å². The number of aliphatic carboxylic acids is 1. The first kappa shape index (κ1) is 22.2. The molecular weight excluding hydrogens is 431 g/mol. The highest BCUT2D eigenvalue weighted by Gasteiger charge is 2.17. The predicted octanol–water partition coefficient (Wildman–Crippen LogP) is 4.94. The molecule has 30 heavy (non-hydrogen) atoms. The van der Waals surface area contributed by atoms with E-state index >= 15 is 0 Å². The number of phenolic OH excluding ortho intramolecular Hbond substituents is 1. The molecule has 2 aromatic carbocycles. The highest BCUT2D eigenvalue weighted by atomic mass is 35.5. The summed E-state index contributed by atoms with van der Waals surface area (Å²) >= 11 is 12.4. The van der Waals surface area contributed by atoms with Gasteiger partial charge in [-0.1, -0.05) is 42.5 Å². The lowest BCUT2D eigenvalue weighted by Gasteiger charge is -2.23. The summed E-state index contributed by atoms with van der Waals surface area (Å²) in [4.78, 5) is 22.0. The number of halogens is 2. The molecule has 1 aliphatic carbocycles. The Morgan fingerprint density at radius 2 is 1.73 bits per heavy atom. The summed E-state index contributed by atoms with van der Waals surface area (Å²) in [6.07, 6.45) is 5.96. The first-order chi connectivity index (χ1) is 14.3. The fourth-order valence-electron chi connectivity index (χ4n) is 3.36. The van der Waals surface area contributed by atoms with Crippen LogP contribution in [0.5, 0.6) is 17.2 Å². The van der Waals surface area contributed by atoms with Crippen LogP contribution < -0.4 is 15.4 Å². The van der Waals surface area contributed by atoms with Crippen molar-refractivity contribution in [3.8, 4) is 17.2 Å². The first-order valence-corrected chi connectivity index (χ1v) is 10.4. The van der Waals surface area contributed by atoms with Crippen LogP contribution in [0.2, 0.25) is 10.0 Å². The molecule has 160 valence electrons. The number of rotatable bonds is 6. The van der Waals surface area contributed by atoms with E-state index in [4.69, 9.17) is 33.0 Å². The van der Waals surface area contributed by atoms with Crippen LogP contribution in [0.3, 0.4) is 0 Å². The van der Waals surface area contributed by atoms with Crippen LogP contribution in [0.15, 0.2) is 30.3 Å². The van der Waals surface area contributed by atoms with Crippen LogP contribution in [0.1, 0.15) is 37.7 Å². The maximum absolute atomic E-state index is 11.3. The molecule has 0 heterocycles. The molecule has 0 aliphatic heterocycles. The minimum Gasteiger partial charge on any atom is -0.508 e. The van der Waals surface area contributed by atoms with Crippen molar-refractivity contribution in [3.05, 3.63) is 45.9 Å². The molecule has 0 radical (unpaired) electrons. The first-order valence-electron chi connectivity index (χ1n) is 9.60. The van der Waals surface area contributed by atoms with Crippen molar-refractivity contribution in [2.24, 2.45) is 0 Å². The lowest BCUT2D eigenvalue weighted by molar-refractivity contribution is -0.147. The summed E-state index contributed by atoms with van der Waals surface area (Å²) in [6.45, 7) is 0.509. The fourth-order valence-corrected chi connectivity index (χ4v) is 3.92. The molecular formula is C21H22Cl2N2O5. The van der Waals surface area contributed by atoms with Crippen LogP contribution in [0.4, 0.5) is 5.69 Å². The highest BCUT2D eigenvalue weighted by Crippen LogP contribution is 2.39. The van der Waals surface area contributed by atoms with Gasteiger partial charge in [0.25, 0.3) is 0 Å². The molecule has 7 nitrogen and oxygen atoms in total. The van der Waals surface area contributed by atoms with Crippen molar-refractivity contribution >= 4 is 40.8 Å². The van der Waals surface area contributed by atoms with E-state index < -0.39 is 11.9 Å². The minimum atomic E-state index is -1.62. The number of anilines is 1. The van der Waals surface area contributed by atoms with Gasteiger partial charge in [0.15, 0.2) is 5.75 Å². The summed E-state index contributed by atoms with van der Waals surface area (Å²) < 4.78 is 5.80. The topological polar surface area (TPSA) is 108 Å². The SMILES string of the molecule is O=C(O)C(=O)Nc1cc(Cl)c(Oc2ccc(O)c(CNC3CCCCC3)c2)c(Cl)c1. The second kappa shape index (κ2) is 10.0. The molecule has 3 rings (SSSR count). The number of carboxylic acid groups (broad SMARTS) is 1. The molecule has 2 aromatic rings. The van der Waals surface area contributed by atoms with Crippen molar-refractivity contribution in [1.82, 2.24) is 5.32 Å². The van der Waals surface area contributed by atoms with Gasteiger partial charge in [0.1, 0.15) is 11.5 Å². The van der Waals surface area contributed by atoms with Crippen LogP contribution >= 0.6 is 23.2 Å². The number of benzene rings is 2. The maximum atomic E-state index is 11.3. The molecule has 0 bridgehead atoms. The van der Waals surface area contributed by atoms with Gasteiger partial charge >= 0.3 is 11.9 Å². The number of ether oxygens (including phenoxy) is 1. The van der Waals surface area contributed by atoms with E-state index in [9.17, 15) is 14.7 Å². The van der Waals surface area contributed by atoms with E-state index in [1.54, 1.807) is 12.1 Å². The van der Waals surface area contributed by atoms with Crippen molar-refractivity contribution < 1.29 is 24.5 Å². The molecule has 0 atom stereocenters. The van der Waals surface area contributed by atoms with Gasteiger partial charge in [-0.3, -0.25) is 4.79 Å².